The van der Waals surface area contributed by atoms with Crippen LogP contribution in [0.1, 0.15) is 37.7 Å². The predicted octanol–water partition coefficient (Wildman–Crippen LogP) is 2.63. The molecule has 1 saturated carbocycles. The molecule has 0 unspecified atom stereocenters. The van der Waals surface area contributed by atoms with Gasteiger partial charge in [0, 0.05) is 5.56 Å². The van der Waals surface area contributed by atoms with Crippen molar-refractivity contribution in [2.45, 2.75) is 37.8 Å². The summed E-state index contributed by atoms with van der Waals surface area (Å²) in [5, 5.41) is 0. The maximum absolute atomic E-state index is 5.69. The van der Waals surface area contributed by atoms with Crippen molar-refractivity contribution in [3.63, 3.8) is 0 Å². The number of rotatable bonds is 1. The molecule has 1 spiro atoms. The summed E-state index contributed by atoms with van der Waals surface area (Å²) in [6.45, 7) is 0. The molecule has 1 fully saturated rings. The van der Waals surface area contributed by atoms with Crippen molar-refractivity contribution in [3.8, 4) is 0 Å². The zero-order chi connectivity index (χ0) is 10.8. The molecule has 0 radical (unpaired) electrons. The normalized spacial score (nSPS) is 22.9. The van der Waals surface area contributed by atoms with E-state index < -0.39 is 0 Å². The van der Waals surface area contributed by atoms with Gasteiger partial charge in [-0.15, -0.1) is 0 Å². The zero-order valence-electron chi connectivity index (χ0n) is 9.28. The summed E-state index contributed by atoms with van der Waals surface area (Å²) in [5.74, 6) is 0.877. The van der Waals surface area contributed by atoms with E-state index in [-0.39, 0.29) is 5.72 Å². The van der Waals surface area contributed by atoms with E-state index in [4.69, 9.17) is 9.83 Å². The molecule has 1 heterocycles. The Kier molecular flexibility index (Phi) is 2.40. The summed E-state index contributed by atoms with van der Waals surface area (Å²) in [4.78, 5) is 10.4. The summed E-state index contributed by atoms with van der Waals surface area (Å²) in [7, 11) is 0. The van der Waals surface area contributed by atoms with E-state index in [1.165, 1.54) is 19.3 Å². The summed E-state index contributed by atoms with van der Waals surface area (Å²) in [6.07, 6.45) is 5.81. The molecule has 84 valence electrons. The molecule has 1 aliphatic heterocycles. The fourth-order valence-electron chi connectivity index (χ4n) is 2.43. The Morgan fingerprint density at radius 3 is 2.56 bits per heavy atom. The van der Waals surface area contributed by atoms with E-state index in [0.29, 0.717) is 0 Å². The van der Waals surface area contributed by atoms with Gasteiger partial charge in [-0.1, -0.05) is 36.8 Å². The van der Waals surface area contributed by atoms with Gasteiger partial charge in [0.05, 0.1) is 0 Å². The van der Waals surface area contributed by atoms with E-state index in [0.717, 1.165) is 24.2 Å². The van der Waals surface area contributed by atoms with Gasteiger partial charge in [0.2, 0.25) is 0 Å². The van der Waals surface area contributed by atoms with Crippen molar-refractivity contribution >= 4 is 5.84 Å². The molecule has 1 aromatic rings. The molecule has 3 rings (SSSR count). The standard InChI is InChI=1S/C13H16N2O/c1-3-7-11(8-4-1)12-14-13(16-15-12)9-5-2-6-10-13/h1,3-4,7-8H,2,5-6,9-10H2,(H,14,15). The topological polar surface area (TPSA) is 33.6 Å². The number of nitrogens with zero attached hydrogens (tertiary/aromatic N) is 1. The first-order valence-electron chi connectivity index (χ1n) is 5.97. The molecule has 1 aliphatic carbocycles. The van der Waals surface area contributed by atoms with Gasteiger partial charge in [0.15, 0.2) is 11.6 Å². The van der Waals surface area contributed by atoms with E-state index in [1.807, 2.05) is 18.2 Å². The molecule has 1 aromatic carbocycles. The average molecular weight is 216 g/mol. The monoisotopic (exact) mass is 216 g/mol. The van der Waals surface area contributed by atoms with Crippen LogP contribution in [0.25, 0.3) is 0 Å². The van der Waals surface area contributed by atoms with Crippen LogP contribution in [-0.2, 0) is 4.84 Å². The lowest BCUT2D eigenvalue weighted by Gasteiger charge is -2.27. The Morgan fingerprint density at radius 2 is 1.81 bits per heavy atom. The molecule has 0 atom stereocenters. The minimum absolute atomic E-state index is 0.274. The van der Waals surface area contributed by atoms with Crippen LogP contribution in [0.3, 0.4) is 0 Å². The Balaban J connectivity index is 1.86. The first-order chi connectivity index (χ1) is 7.88. The number of benzene rings is 1. The van der Waals surface area contributed by atoms with Crippen molar-refractivity contribution in [2.24, 2.45) is 4.99 Å². The van der Waals surface area contributed by atoms with Crippen LogP contribution in [-0.4, -0.2) is 11.6 Å². The molecule has 3 nitrogen and oxygen atoms in total. The van der Waals surface area contributed by atoms with E-state index >= 15 is 0 Å². The molecule has 1 N–H and O–H groups in total. The van der Waals surface area contributed by atoms with Crippen molar-refractivity contribution in [2.75, 3.05) is 0 Å². The molecule has 0 amide bonds. The molecule has 2 aliphatic rings. The second-order valence-corrected chi connectivity index (χ2v) is 4.54. The lowest BCUT2D eigenvalue weighted by molar-refractivity contribution is -0.0763. The van der Waals surface area contributed by atoms with Gasteiger partial charge < -0.3 is 0 Å². The average Bonchev–Trinajstić information content (AvgIpc) is 2.75. The predicted molar refractivity (Wildman–Crippen MR) is 63.0 cm³/mol. The van der Waals surface area contributed by atoms with Gasteiger partial charge in [-0.2, -0.15) is 0 Å². The van der Waals surface area contributed by atoms with Crippen molar-refractivity contribution in [3.05, 3.63) is 35.9 Å². The van der Waals surface area contributed by atoms with Crippen LogP contribution in [0.15, 0.2) is 35.3 Å². The third kappa shape index (κ3) is 1.71. The van der Waals surface area contributed by atoms with Gasteiger partial charge in [0.1, 0.15) is 0 Å². The molecule has 0 bridgehead atoms. The molecule has 0 saturated heterocycles. The molecule has 0 aromatic heterocycles. The van der Waals surface area contributed by atoms with Gasteiger partial charge in [-0.25, -0.2) is 15.3 Å². The highest BCUT2D eigenvalue weighted by Crippen LogP contribution is 2.34. The smallest absolute Gasteiger partial charge is 0.187 e. The second-order valence-electron chi connectivity index (χ2n) is 4.54. The van der Waals surface area contributed by atoms with E-state index in [2.05, 4.69) is 17.6 Å². The number of hydrogen-bond acceptors (Lipinski definition) is 3. The molecule has 16 heavy (non-hydrogen) atoms. The van der Waals surface area contributed by atoms with Gasteiger partial charge in [-0.3, -0.25) is 0 Å². The number of hydrogen-bond donors (Lipinski definition) is 1. The fraction of sp³-hybridized carbons (Fsp3) is 0.462. The Labute approximate surface area is 95.5 Å². The number of hydroxylamine groups is 1. The Morgan fingerprint density at radius 1 is 1.06 bits per heavy atom. The number of aliphatic imine (C=N–C) groups is 1. The lowest BCUT2D eigenvalue weighted by atomic mass is 9.92. The van der Waals surface area contributed by atoms with Crippen LogP contribution >= 0.6 is 0 Å². The SMILES string of the molecule is c1ccc(C2=NC3(CCCCC3)ON2)cc1. The van der Waals surface area contributed by atoms with Crippen LogP contribution in [0.5, 0.6) is 0 Å². The first-order valence-corrected chi connectivity index (χ1v) is 5.97. The highest BCUT2D eigenvalue weighted by Gasteiger charge is 2.38. The molecular weight excluding hydrogens is 200 g/mol. The summed E-state index contributed by atoms with van der Waals surface area (Å²) in [5.41, 5.74) is 3.81. The number of amidine groups is 1. The zero-order valence-corrected chi connectivity index (χ0v) is 9.28. The summed E-state index contributed by atoms with van der Waals surface area (Å²) >= 11 is 0. The fourth-order valence-corrected chi connectivity index (χ4v) is 2.43. The third-order valence-corrected chi connectivity index (χ3v) is 3.34. The van der Waals surface area contributed by atoms with Crippen molar-refractivity contribution < 1.29 is 4.84 Å². The van der Waals surface area contributed by atoms with Crippen molar-refractivity contribution in [1.82, 2.24) is 5.48 Å². The van der Waals surface area contributed by atoms with Gasteiger partial charge >= 0.3 is 0 Å². The van der Waals surface area contributed by atoms with Gasteiger partial charge in [-0.05, 0) is 25.7 Å². The van der Waals surface area contributed by atoms with Crippen LogP contribution in [0, 0.1) is 0 Å². The quantitative estimate of drug-likeness (QED) is 0.783. The second kappa shape index (κ2) is 3.91. The summed E-state index contributed by atoms with van der Waals surface area (Å²) < 4.78 is 0. The van der Waals surface area contributed by atoms with Crippen LogP contribution < -0.4 is 5.48 Å². The highest BCUT2D eigenvalue weighted by atomic mass is 16.7. The minimum atomic E-state index is -0.274. The third-order valence-electron chi connectivity index (χ3n) is 3.34. The molecular formula is C13H16N2O. The van der Waals surface area contributed by atoms with E-state index in [9.17, 15) is 0 Å². The summed E-state index contributed by atoms with van der Waals surface area (Å²) in [6, 6.07) is 10.2. The van der Waals surface area contributed by atoms with Crippen molar-refractivity contribution in [1.29, 1.82) is 0 Å². The molecule has 3 heteroatoms. The highest BCUT2D eigenvalue weighted by molar-refractivity contribution is 5.99. The Bertz CT molecular complexity index is 394. The van der Waals surface area contributed by atoms with Crippen LogP contribution in [0.4, 0.5) is 0 Å². The maximum atomic E-state index is 5.69. The number of nitrogens with one attached hydrogen (secondary N) is 1. The minimum Gasteiger partial charge on any atom is -0.246 e. The van der Waals surface area contributed by atoms with Gasteiger partial charge in [0.25, 0.3) is 0 Å². The largest absolute Gasteiger partial charge is 0.246 e. The van der Waals surface area contributed by atoms with E-state index in [1.54, 1.807) is 0 Å². The van der Waals surface area contributed by atoms with Crippen LogP contribution in [0.2, 0.25) is 0 Å². The lowest BCUT2D eigenvalue weighted by Crippen LogP contribution is -2.32. The first kappa shape index (κ1) is 9.85. The Hall–Kier alpha value is -1.35. The maximum Gasteiger partial charge on any atom is 0.187 e.